The number of amides is 1. The normalized spacial score (nSPS) is 18.6. The maximum Gasteiger partial charge on any atom is 0.328 e. The van der Waals surface area contributed by atoms with Crippen LogP contribution in [0.15, 0.2) is 18.2 Å². The molecule has 1 amide bonds. The SMILES string of the molecule is Cc1c(C(=O)N2CCOC[C@@H]2C(=O)O)sc2cccc(F)c12. The van der Waals surface area contributed by atoms with Gasteiger partial charge in [-0.2, -0.15) is 0 Å². The molecule has 5 nitrogen and oxygen atoms in total. The zero-order valence-corrected chi connectivity index (χ0v) is 12.7. The molecule has 1 saturated heterocycles. The van der Waals surface area contributed by atoms with Crippen LogP contribution in [0.25, 0.3) is 10.1 Å². The van der Waals surface area contributed by atoms with Gasteiger partial charge in [-0.25, -0.2) is 9.18 Å². The maximum absolute atomic E-state index is 13.9. The number of carboxylic acids is 1. The molecule has 7 heteroatoms. The van der Waals surface area contributed by atoms with Gasteiger partial charge in [0.05, 0.1) is 18.1 Å². The number of rotatable bonds is 2. The van der Waals surface area contributed by atoms with Crippen molar-refractivity contribution in [2.75, 3.05) is 19.8 Å². The molecule has 1 aliphatic rings. The monoisotopic (exact) mass is 323 g/mol. The van der Waals surface area contributed by atoms with E-state index in [9.17, 15) is 19.1 Å². The van der Waals surface area contributed by atoms with E-state index >= 15 is 0 Å². The Hall–Kier alpha value is -1.99. The highest BCUT2D eigenvalue weighted by Crippen LogP contribution is 2.33. The van der Waals surface area contributed by atoms with Crippen molar-refractivity contribution >= 4 is 33.3 Å². The first kappa shape index (κ1) is 14.9. The topological polar surface area (TPSA) is 66.8 Å². The van der Waals surface area contributed by atoms with Crippen LogP contribution in [0.1, 0.15) is 15.2 Å². The molecule has 22 heavy (non-hydrogen) atoms. The number of aryl methyl sites for hydroxylation is 1. The second-order valence-corrected chi connectivity index (χ2v) is 6.15. The van der Waals surface area contributed by atoms with Gasteiger partial charge in [-0.15, -0.1) is 11.3 Å². The molecule has 0 radical (unpaired) electrons. The fraction of sp³-hybridized carbons (Fsp3) is 0.333. The van der Waals surface area contributed by atoms with Gasteiger partial charge in [-0.1, -0.05) is 6.07 Å². The number of nitrogens with zero attached hydrogens (tertiary/aromatic N) is 1. The number of hydrogen-bond donors (Lipinski definition) is 1. The lowest BCUT2D eigenvalue weighted by molar-refractivity contribution is -0.147. The number of carbonyl (C=O) groups is 2. The predicted molar refractivity (Wildman–Crippen MR) is 79.8 cm³/mol. The summed E-state index contributed by atoms with van der Waals surface area (Å²) in [5.74, 6) is -1.85. The van der Waals surface area contributed by atoms with Gasteiger partial charge < -0.3 is 14.7 Å². The zero-order chi connectivity index (χ0) is 15.9. The Morgan fingerprint density at radius 2 is 2.23 bits per heavy atom. The van der Waals surface area contributed by atoms with E-state index < -0.39 is 12.0 Å². The summed E-state index contributed by atoms with van der Waals surface area (Å²) in [5.41, 5.74) is 0.554. The number of morpholine rings is 1. The van der Waals surface area contributed by atoms with Crippen molar-refractivity contribution in [1.82, 2.24) is 4.90 Å². The Bertz CT molecular complexity index is 757. The highest BCUT2D eigenvalue weighted by atomic mass is 32.1. The summed E-state index contributed by atoms with van der Waals surface area (Å²) in [7, 11) is 0. The molecule has 3 rings (SSSR count). The van der Waals surface area contributed by atoms with Crippen LogP contribution < -0.4 is 0 Å². The molecule has 0 spiro atoms. The second-order valence-electron chi connectivity index (χ2n) is 5.10. The summed E-state index contributed by atoms with van der Waals surface area (Å²) >= 11 is 1.19. The fourth-order valence-corrected chi connectivity index (χ4v) is 3.82. The largest absolute Gasteiger partial charge is 0.480 e. The summed E-state index contributed by atoms with van der Waals surface area (Å²) in [6.45, 7) is 2.17. The average Bonchev–Trinajstić information content (AvgIpc) is 2.85. The van der Waals surface area contributed by atoms with Crippen molar-refractivity contribution in [3.05, 3.63) is 34.5 Å². The van der Waals surface area contributed by atoms with Crippen LogP contribution >= 0.6 is 11.3 Å². The number of carbonyl (C=O) groups excluding carboxylic acids is 1. The molecule has 0 saturated carbocycles. The lowest BCUT2D eigenvalue weighted by Gasteiger charge is -2.32. The number of hydrogen-bond acceptors (Lipinski definition) is 4. The molecule has 2 aromatic rings. The van der Waals surface area contributed by atoms with E-state index in [1.165, 1.54) is 22.3 Å². The van der Waals surface area contributed by atoms with E-state index in [4.69, 9.17) is 4.74 Å². The summed E-state index contributed by atoms with van der Waals surface area (Å²) < 4.78 is 19.8. The third-order valence-corrected chi connectivity index (χ3v) is 5.02. The van der Waals surface area contributed by atoms with Gasteiger partial charge in [0.15, 0.2) is 6.04 Å². The van der Waals surface area contributed by atoms with Crippen molar-refractivity contribution in [2.24, 2.45) is 0 Å². The van der Waals surface area contributed by atoms with Crippen LogP contribution in [0.4, 0.5) is 4.39 Å². The first-order valence-electron chi connectivity index (χ1n) is 6.80. The van der Waals surface area contributed by atoms with Crippen LogP contribution in [0.5, 0.6) is 0 Å². The summed E-state index contributed by atoms with van der Waals surface area (Å²) in [4.78, 5) is 25.7. The van der Waals surface area contributed by atoms with E-state index in [2.05, 4.69) is 0 Å². The van der Waals surface area contributed by atoms with Gasteiger partial charge >= 0.3 is 5.97 Å². The number of thiophene rings is 1. The smallest absolute Gasteiger partial charge is 0.328 e. The molecule has 1 aromatic carbocycles. The average molecular weight is 323 g/mol. The van der Waals surface area contributed by atoms with E-state index in [0.29, 0.717) is 27.1 Å². The van der Waals surface area contributed by atoms with Crippen molar-refractivity contribution in [3.8, 4) is 0 Å². The molecular formula is C15H14FNO4S. The van der Waals surface area contributed by atoms with E-state index in [-0.39, 0.29) is 24.9 Å². The molecule has 1 aliphatic heterocycles. The molecule has 1 fully saturated rings. The predicted octanol–water partition coefficient (Wildman–Crippen LogP) is 2.27. The number of benzene rings is 1. The molecule has 1 aromatic heterocycles. The number of ether oxygens (including phenoxy) is 1. The second kappa shape index (κ2) is 5.66. The Morgan fingerprint density at radius 1 is 1.45 bits per heavy atom. The Morgan fingerprint density at radius 3 is 2.91 bits per heavy atom. The van der Waals surface area contributed by atoms with Crippen molar-refractivity contribution in [2.45, 2.75) is 13.0 Å². The Balaban J connectivity index is 2.03. The highest BCUT2D eigenvalue weighted by Gasteiger charge is 2.34. The first-order valence-corrected chi connectivity index (χ1v) is 7.61. The Kier molecular flexibility index (Phi) is 3.84. The molecular weight excluding hydrogens is 309 g/mol. The van der Waals surface area contributed by atoms with Gasteiger partial charge in [0.2, 0.25) is 0 Å². The van der Waals surface area contributed by atoms with Gasteiger partial charge in [-0.05, 0) is 24.6 Å². The summed E-state index contributed by atoms with van der Waals surface area (Å²) in [6, 6.07) is 3.69. The third kappa shape index (κ3) is 2.36. The van der Waals surface area contributed by atoms with E-state index in [1.807, 2.05) is 0 Å². The van der Waals surface area contributed by atoms with Crippen LogP contribution in [0.3, 0.4) is 0 Å². The lowest BCUT2D eigenvalue weighted by atomic mass is 10.1. The van der Waals surface area contributed by atoms with Gasteiger partial charge in [-0.3, -0.25) is 4.79 Å². The first-order chi connectivity index (χ1) is 10.5. The minimum absolute atomic E-state index is 0.0284. The van der Waals surface area contributed by atoms with Crippen LogP contribution in [0.2, 0.25) is 0 Å². The van der Waals surface area contributed by atoms with Crippen LogP contribution in [0, 0.1) is 12.7 Å². The molecule has 1 atom stereocenters. The fourth-order valence-electron chi connectivity index (χ4n) is 2.64. The quantitative estimate of drug-likeness (QED) is 0.921. The molecule has 1 N–H and O–H groups in total. The number of carboxylic acid groups (broad SMARTS) is 1. The molecule has 0 bridgehead atoms. The number of halogens is 1. The third-order valence-electron chi connectivity index (χ3n) is 3.77. The maximum atomic E-state index is 13.9. The van der Waals surface area contributed by atoms with Crippen molar-refractivity contribution in [3.63, 3.8) is 0 Å². The van der Waals surface area contributed by atoms with Gasteiger partial charge in [0, 0.05) is 16.6 Å². The molecule has 2 heterocycles. The van der Waals surface area contributed by atoms with E-state index in [0.717, 1.165) is 0 Å². The van der Waals surface area contributed by atoms with Crippen LogP contribution in [-0.2, 0) is 9.53 Å². The van der Waals surface area contributed by atoms with Crippen LogP contribution in [-0.4, -0.2) is 47.7 Å². The molecule has 0 unspecified atom stereocenters. The highest BCUT2D eigenvalue weighted by molar-refractivity contribution is 7.21. The standard InChI is InChI=1S/C15H14FNO4S/c1-8-12-9(16)3-2-4-11(12)22-13(8)14(18)17-5-6-21-7-10(17)15(19)20/h2-4,10H,5-7H2,1H3,(H,19,20)/t10-/m1/s1. The minimum Gasteiger partial charge on any atom is -0.480 e. The Labute approximate surface area is 129 Å². The molecule has 0 aliphatic carbocycles. The van der Waals surface area contributed by atoms with Gasteiger partial charge in [0.25, 0.3) is 5.91 Å². The van der Waals surface area contributed by atoms with Crippen molar-refractivity contribution < 1.29 is 23.8 Å². The van der Waals surface area contributed by atoms with E-state index in [1.54, 1.807) is 19.1 Å². The lowest BCUT2D eigenvalue weighted by Crippen LogP contribution is -2.52. The molecule has 116 valence electrons. The number of fused-ring (bicyclic) bond motifs is 1. The minimum atomic E-state index is -1.10. The zero-order valence-electron chi connectivity index (χ0n) is 11.8. The van der Waals surface area contributed by atoms with Gasteiger partial charge in [0.1, 0.15) is 5.82 Å². The summed E-state index contributed by atoms with van der Waals surface area (Å²) in [5, 5.41) is 9.65. The summed E-state index contributed by atoms with van der Waals surface area (Å²) in [6.07, 6.45) is 0. The van der Waals surface area contributed by atoms with Crippen molar-refractivity contribution in [1.29, 1.82) is 0 Å². The number of aliphatic carboxylic acids is 1.